The lowest BCUT2D eigenvalue weighted by atomic mass is 9.92. The summed E-state index contributed by atoms with van der Waals surface area (Å²) in [5, 5.41) is 7.58. The number of anilines is 1. The summed E-state index contributed by atoms with van der Waals surface area (Å²) in [5.41, 5.74) is 1.87. The molecule has 0 amide bonds. The number of nitrogens with one attached hydrogen (secondary N) is 1. The van der Waals surface area contributed by atoms with Gasteiger partial charge < -0.3 is 24.3 Å². The van der Waals surface area contributed by atoms with Gasteiger partial charge in [0.1, 0.15) is 18.1 Å². The molecule has 0 spiro atoms. The number of hydrogen-bond acceptors (Lipinski definition) is 8. The van der Waals surface area contributed by atoms with Gasteiger partial charge in [-0.05, 0) is 19.4 Å². The first-order valence-electron chi connectivity index (χ1n) is 9.46. The summed E-state index contributed by atoms with van der Waals surface area (Å²) in [6.07, 6.45) is 2.93. The maximum absolute atomic E-state index is 13.0. The Bertz CT molecular complexity index is 922. The number of rotatable bonds is 8. The first-order chi connectivity index (χ1) is 14.1. The van der Waals surface area contributed by atoms with E-state index in [-0.39, 0.29) is 6.61 Å². The van der Waals surface area contributed by atoms with Crippen LogP contribution in [-0.2, 0) is 9.53 Å². The van der Waals surface area contributed by atoms with Crippen molar-refractivity contribution in [3.05, 3.63) is 35.3 Å². The van der Waals surface area contributed by atoms with Crippen LogP contribution in [0.1, 0.15) is 38.3 Å². The number of nitrogens with zero attached hydrogens (tertiary/aromatic N) is 3. The van der Waals surface area contributed by atoms with E-state index in [1.54, 1.807) is 39.0 Å². The third kappa shape index (κ3) is 3.72. The Kier molecular flexibility index (Phi) is 6.26. The van der Waals surface area contributed by atoms with Crippen molar-refractivity contribution in [2.45, 2.75) is 32.7 Å². The van der Waals surface area contributed by atoms with Crippen LogP contribution >= 0.6 is 0 Å². The number of fused-ring (bicyclic) bond motifs is 1. The highest BCUT2D eigenvalue weighted by molar-refractivity contribution is 5.92. The molecule has 2 heterocycles. The van der Waals surface area contributed by atoms with Gasteiger partial charge in [0.2, 0.25) is 5.95 Å². The summed E-state index contributed by atoms with van der Waals surface area (Å²) < 4.78 is 23.6. The Labute approximate surface area is 169 Å². The monoisotopic (exact) mass is 402 g/mol. The lowest BCUT2D eigenvalue weighted by Crippen LogP contribution is -2.30. The maximum Gasteiger partial charge on any atom is 0.338 e. The van der Waals surface area contributed by atoms with E-state index in [4.69, 9.17) is 18.9 Å². The standard InChI is InChI=1S/C20H26N4O5/c1-6-8-14-16(19(25)29-7-2)17(24-20(23-14)21-11-22-24)13-9-12(26-3)10-15(27-4)18(13)28-5/h9-11,17H,6-8H2,1-5H3,(H,21,22,23)/t17-/m1/s1. The largest absolute Gasteiger partial charge is 0.497 e. The fourth-order valence-corrected chi connectivity index (χ4v) is 3.48. The molecular formula is C20H26N4O5. The molecule has 0 bridgehead atoms. The minimum atomic E-state index is -0.617. The fraction of sp³-hybridized carbons (Fsp3) is 0.450. The molecule has 1 aromatic carbocycles. The van der Waals surface area contributed by atoms with Crippen molar-refractivity contribution in [2.75, 3.05) is 33.3 Å². The molecule has 1 N–H and O–H groups in total. The summed E-state index contributed by atoms with van der Waals surface area (Å²) in [4.78, 5) is 17.3. The second-order valence-corrected chi connectivity index (χ2v) is 6.37. The van der Waals surface area contributed by atoms with Crippen molar-refractivity contribution in [1.82, 2.24) is 14.8 Å². The summed E-state index contributed by atoms with van der Waals surface area (Å²) in [6.45, 7) is 4.08. The molecule has 1 aromatic heterocycles. The van der Waals surface area contributed by atoms with Crippen LogP contribution in [-0.4, -0.2) is 48.7 Å². The van der Waals surface area contributed by atoms with E-state index in [1.165, 1.54) is 6.33 Å². The number of esters is 1. The lowest BCUT2D eigenvalue weighted by Gasteiger charge is -2.30. The first-order valence-corrected chi connectivity index (χ1v) is 9.46. The third-order valence-corrected chi connectivity index (χ3v) is 4.69. The minimum Gasteiger partial charge on any atom is -0.497 e. The highest BCUT2D eigenvalue weighted by atomic mass is 16.5. The van der Waals surface area contributed by atoms with Crippen LogP contribution < -0.4 is 19.5 Å². The minimum absolute atomic E-state index is 0.261. The number of ether oxygens (including phenoxy) is 4. The Hall–Kier alpha value is -3.23. The molecule has 1 atom stereocenters. The first kappa shape index (κ1) is 20.5. The second kappa shape index (κ2) is 8.85. The van der Waals surface area contributed by atoms with Crippen LogP contribution in [0.3, 0.4) is 0 Å². The quantitative estimate of drug-likeness (QED) is 0.673. The van der Waals surface area contributed by atoms with E-state index in [0.717, 1.165) is 12.1 Å². The van der Waals surface area contributed by atoms with E-state index >= 15 is 0 Å². The Morgan fingerprint density at radius 3 is 2.59 bits per heavy atom. The number of carbonyl (C=O) groups is 1. The average molecular weight is 402 g/mol. The molecule has 9 heteroatoms. The highest BCUT2D eigenvalue weighted by Crippen LogP contribution is 2.45. The van der Waals surface area contributed by atoms with Crippen LogP contribution in [0.4, 0.5) is 5.95 Å². The molecule has 0 saturated carbocycles. The summed E-state index contributed by atoms with van der Waals surface area (Å²) in [5.74, 6) is 1.66. The van der Waals surface area contributed by atoms with Crippen molar-refractivity contribution in [3.8, 4) is 17.2 Å². The van der Waals surface area contributed by atoms with Gasteiger partial charge in [0.05, 0.1) is 33.5 Å². The molecule has 0 radical (unpaired) electrons. The van der Waals surface area contributed by atoms with Crippen LogP contribution in [0.2, 0.25) is 0 Å². The number of hydrogen-bond donors (Lipinski definition) is 1. The molecule has 0 saturated heterocycles. The Morgan fingerprint density at radius 1 is 1.17 bits per heavy atom. The molecular weight excluding hydrogens is 376 g/mol. The van der Waals surface area contributed by atoms with Crippen molar-refractivity contribution in [1.29, 1.82) is 0 Å². The lowest BCUT2D eigenvalue weighted by molar-refractivity contribution is -0.139. The topological polar surface area (TPSA) is 96.7 Å². The zero-order valence-electron chi connectivity index (χ0n) is 17.3. The summed E-state index contributed by atoms with van der Waals surface area (Å²) in [7, 11) is 4.67. The number of carbonyl (C=O) groups excluding carboxylic acids is 1. The molecule has 156 valence electrons. The molecule has 0 unspecified atom stereocenters. The zero-order valence-corrected chi connectivity index (χ0v) is 17.3. The van der Waals surface area contributed by atoms with E-state index in [2.05, 4.69) is 15.4 Å². The van der Waals surface area contributed by atoms with E-state index in [0.29, 0.717) is 40.8 Å². The zero-order chi connectivity index (χ0) is 21.0. The van der Waals surface area contributed by atoms with E-state index in [9.17, 15) is 4.79 Å². The van der Waals surface area contributed by atoms with Crippen LogP contribution in [0, 0.1) is 0 Å². The normalized spacial score (nSPS) is 15.4. The highest BCUT2D eigenvalue weighted by Gasteiger charge is 2.38. The van der Waals surface area contributed by atoms with Gasteiger partial charge in [0.25, 0.3) is 0 Å². The van der Waals surface area contributed by atoms with Crippen LogP contribution in [0.25, 0.3) is 0 Å². The molecule has 9 nitrogen and oxygen atoms in total. The second-order valence-electron chi connectivity index (χ2n) is 6.37. The van der Waals surface area contributed by atoms with Crippen molar-refractivity contribution in [2.24, 2.45) is 0 Å². The SMILES string of the molecule is CCCC1=C(C(=O)OCC)[C@@H](c2cc(OC)cc(OC)c2OC)n2ncnc2N1. The Balaban J connectivity index is 2.30. The number of methoxy groups -OCH3 is 3. The molecule has 1 aliphatic rings. The molecule has 0 aliphatic carbocycles. The molecule has 0 fully saturated rings. The number of aromatic nitrogens is 3. The van der Waals surface area contributed by atoms with E-state index in [1.807, 2.05) is 13.0 Å². The van der Waals surface area contributed by atoms with Gasteiger partial charge in [-0.15, -0.1) is 0 Å². The predicted octanol–water partition coefficient (Wildman–Crippen LogP) is 2.94. The van der Waals surface area contributed by atoms with Crippen LogP contribution in [0.5, 0.6) is 17.2 Å². The van der Waals surface area contributed by atoms with Gasteiger partial charge in [-0.3, -0.25) is 0 Å². The average Bonchev–Trinajstić information content (AvgIpc) is 3.20. The molecule has 1 aliphatic heterocycles. The summed E-state index contributed by atoms with van der Waals surface area (Å²) >= 11 is 0. The number of benzene rings is 1. The van der Waals surface area contributed by atoms with Crippen molar-refractivity contribution < 1.29 is 23.7 Å². The molecule has 3 rings (SSSR count). The predicted molar refractivity (Wildman–Crippen MR) is 106 cm³/mol. The smallest absolute Gasteiger partial charge is 0.338 e. The third-order valence-electron chi connectivity index (χ3n) is 4.69. The fourth-order valence-electron chi connectivity index (χ4n) is 3.48. The van der Waals surface area contributed by atoms with Gasteiger partial charge in [0, 0.05) is 17.3 Å². The van der Waals surface area contributed by atoms with E-state index < -0.39 is 12.0 Å². The van der Waals surface area contributed by atoms with Gasteiger partial charge in [-0.2, -0.15) is 10.1 Å². The van der Waals surface area contributed by atoms with Crippen molar-refractivity contribution >= 4 is 11.9 Å². The van der Waals surface area contributed by atoms with Gasteiger partial charge in [-0.1, -0.05) is 13.3 Å². The Morgan fingerprint density at radius 2 is 1.97 bits per heavy atom. The van der Waals surface area contributed by atoms with Gasteiger partial charge >= 0.3 is 5.97 Å². The van der Waals surface area contributed by atoms with Crippen LogP contribution in [0.15, 0.2) is 29.7 Å². The van der Waals surface area contributed by atoms with Gasteiger partial charge in [0.15, 0.2) is 11.5 Å². The van der Waals surface area contributed by atoms with Gasteiger partial charge in [-0.25, -0.2) is 9.48 Å². The molecule has 2 aromatic rings. The molecule has 29 heavy (non-hydrogen) atoms. The summed E-state index contributed by atoms with van der Waals surface area (Å²) in [6, 6.07) is 2.92. The van der Waals surface area contributed by atoms with Crippen molar-refractivity contribution in [3.63, 3.8) is 0 Å². The number of allylic oxidation sites excluding steroid dienone is 1. The maximum atomic E-state index is 13.0.